The average Bonchev–Trinajstić information content (AvgIpc) is 3.20. The maximum absolute atomic E-state index is 5.71. The van der Waals surface area contributed by atoms with E-state index in [0.717, 1.165) is 28.0 Å². The lowest BCUT2D eigenvalue weighted by atomic mass is 9.83. The van der Waals surface area contributed by atoms with Crippen molar-refractivity contribution in [3.05, 3.63) is 83.8 Å². The Morgan fingerprint density at radius 2 is 1.90 bits per heavy atom. The first-order chi connectivity index (χ1) is 13.8. The highest BCUT2D eigenvalue weighted by atomic mass is 16.5. The molecule has 0 bridgehead atoms. The van der Waals surface area contributed by atoms with Gasteiger partial charge in [-0.3, -0.25) is 4.98 Å². The highest BCUT2D eigenvalue weighted by Crippen LogP contribution is 2.31. The molecule has 2 heterocycles. The molecule has 0 aliphatic rings. The van der Waals surface area contributed by atoms with Crippen molar-refractivity contribution >= 4 is 11.8 Å². The van der Waals surface area contributed by atoms with Crippen LogP contribution in [0.4, 0.5) is 0 Å². The standard InChI is InChI=1S/C22H24N6O/c1-14-5-6-17(12-25-14)20-27-21(28-29-20)22(3,4)19-9-7-16(8-10-19)18(11-23)13-26-15(2)24/h5-13H,2,23-24H2,1,3-4H3/b18-11+,26-13-. The topological polar surface area (TPSA) is 116 Å². The van der Waals surface area contributed by atoms with Gasteiger partial charge in [0.1, 0.15) is 5.82 Å². The van der Waals surface area contributed by atoms with E-state index in [1.807, 2.05) is 57.2 Å². The van der Waals surface area contributed by atoms with Crippen LogP contribution in [-0.2, 0) is 5.41 Å². The number of aliphatic imine (C=N–C) groups is 1. The van der Waals surface area contributed by atoms with Gasteiger partial charge in [0.05, 0.1) is 11.0 Å². The van der Waals surface area contributed by atoms with E-state index < -0.39 is 5.41 Å². The minimum Gasteiger partial charge on any atom is -0.404 e. The zero-order valence-electron chi connectivity index (χ0n) is 16.8. The monoisotopic (exact) mass is 388 g/mol. The molecule has 0 atom stereocenters. The number of benzene rings is 1. The molecular weight excluding hydrogens is 364 g/mol. The highest BCUT2D eigenvalue weighted by Gasteiger charge is 2.29. The highest BCUT2D eigenvalue weighted by molar-refractivity contribution is 6.09. The van der Waals surface area contributed by atoms with Crippen LogP contribution in [0.2, 0.25) is 0 Å². The maximum atomic E-state index is 5.71. The van der Waals surface area contributed by atoms with Gasteiger partial charge >= 0.3 is 0 Å². The zero-order chi connectivity index (χ0) is 21.0. The smallest absolute Gasteiger partial charge is 0.259 e. The van der Waals surface area contributed by atoms with Gasteiger partial charge in [0.2, 0.25) is 0 Å². The number of nitrogens with zero attached hydrogens (tertiary/aromatic N) is 4. The molecule has 0 aliphatic carbocycles. The number of hydrogen-bond donors (Lipinski definition) is 2. The van der Waals surface area contributed by atoms with Crippen LogP contribution in [0, 0.1) is 6.92 Å². The van der Waals surface area contributed by atoms with E-state index in [0.29, 0.717) is 11.7 Å². The van der Waals surface area contributed by atoms with Crippen LogP contribution in [0.5, 0.6) is 0 Å². The summed E-state index contributed by atoms with van der Waals surface area (Å²) in [5.74, 6) is 1.26. The van der Waals surface area contributed by atoms with Gasteiger partial charge in [-0.25, -0.2) is 4.99 Å². The Morgan fingerprint density at radius 3 is 2.48 bits per heavy atom. The Kier molecular flexibility index (Phi) is 5.59. The van der Waals surface area contributed by atoms with E-state index in [4.69, 9.17) is 16.0 Å². The van der Waals surface area contributed by atoms with Crippen LogP contribution >= 0.6 is 0 Å². The number of nitrogens with two attached hydrogens (primary N) is 2. The van der Waals surface area contributed by atoms with Gasteiger partial charge < -0.3 is 16.0 Å². The molecule has 0 aliphatic heterocycles. The molecule has 148 valence electrons. The van der Waals surface area contributed by atoms with Crippen molar-refractivity contribution in [3.8, 4) is 11.5 Å². The maximum Gasteiger partial charge on any atom is 0.259 e. The van der Waals surface area contributed by atoms with E-state index >= 15 is 0 Å². The average molecular weight is 388 g/mol. The van der Waals surface area contributed by atoms with Crippen LogP contribution in [0.3, 0.4) is 0 Å². The molecule has 1 aromatic carbocycles. The second-order valence-electron chi connectivity index (χ2n) is 7.19. The number of pyridine rings is 1. The lowest BCUT2D eigenvalue weighted by molar-refractivity contribution is 0.408. The molecule has 0 radical (unpaired) electrons. The van der Waals surface area contributed by atoms with Crippen molar-refractivity contribution in [3.63, 3.8) is 0 Å². The van der Waals surface area contributed by atoms with Crippen molar-refractivity contribution in [2.45, 2.75) is 26.2 Å². The molecule has 0 unspecified atom stereocenters. The molecule has 3 aromatic rings. The fourth-order valence-electron chi connectivity index (χ4n) is 2.76. The number of allylic oxidation sites excluding steroid dienone is 1. The summed E-state index contributed by atoms with van der Waals surface area (Å²) in [6.07, 6.45) is 4.80. The van der Waals surface area contributed by atoms with E-state index in [1.54, 1.807) is 12.4 Å². The summed E-state index contributed by atoms with van der Waals surface area (Å²) in [5, 5.41) is 4.20. The van der Waals surface area contributed by atoms with Crippen LogP contribution in [-0.4, -0.2) is 21.3 Å². The number of aryl methyl sites for hydroxylation is 1. The van der Waals surface area contributed by atoms with Crippen LogP contribution in [0.25, 0.3) is 17.0 Å². The molecule has 2 aromatic heterocycles. The second-order valence-corrected chi connectivity index (χ2v) is 7.19. The summed E-state index contributed by atoms with van der Waals surface area (Å²) in [7, 11) is 0. The summed E-state index contributed by atoms with van der Waals surface area (Å²) in [6, 6.07) is 11.8. The first-order valence-corrected chi connectivity index (χ1v) is 9.09. The molecule has 7 heteroatoms. The molecule has 4 N–H and O–H groups in total. The molecule has 0 saturated carbocycles. The fraction of sp³-hybridized carbons (Fsp3) is 0.182. The normalized spacial score (nSPS) is 12.4. The number of aromatic nitrogens is 3. The van der Waals surface area contributed by atoms with E-state index in [-0.39, 0.29) is 5.82 Å². The number of hydrogen-bond acceptors (Lipinski definition) is 7. The fourth-order valence-corrected chi connectivity index (χ4v) is 2.76. The third kappa shape index (κ3) is 4.40. The van der Waals surface area contributed by atoms with Gasteiger partial charge in [-0.2, -0.15) is 4.98 Å². The van der Waals surface area contributed by atoms with E-state index in [2.05, 4.69) is 26.7 Å². The third-order valence-corrected chi connectivity index (χ3v) is 4.63. The summed E-state index contributed by atoms with van der Waals surface area (Å²) in [5.41, 5.74) is 15.2. The predicted octanol–water partition coefficient (Wildman–Crippen LogP) is 3.57. The zero-order valence-corrected chi connectivity index (χ0v) is 16.8. The van der Waals surface area contributed by atoms with E-state index in [9.17, 15) is 0 Å². The summed E-state index contributed by atoms with van der Waals surface area (Å²) < 4.78 is 5.47. The third-order valence-electron chi connectivity index (χ3n) is 4.63. The molecule has 0 spiro atoms. The quantitative estimate of drug-likeness (QED) is 0.624. The molecule has 29 heavy (non-hydrogen) atoms. The Balaban J connectivity index is 1.86. The summed E-state index contributed by atoms with van der Waals surface area (Å²) in [4.78, 5) is 12.9. The molecule has 7 nitrogen and oxygen atoms in total. The SMILES string of the molecule is C=C(N)/N=C\C(=C/N)c1ccc(C(C)(C)c2noc(-c3ccc(C)nc3)n2)cc1. The summed E-state index contributed by atoms with van der Waals surface area (Å²) in [6.45, 7) is 9.57. The lowest BCUT2D eigenvalue weighted by Gasteiger charge is -2.21. The number of rotatable bonds is 6. The van der Waals surface area contributed by atoms with Crippen LogP contribution < -0.4 is 11.5 Å². The first-order valence-electron chi connectivity index (χ1n) is 9.09. The van der Waals surface area contributed by atoms with Crippen molar-refractivity contribution in [1.82, 2.24) is 15.1 Å². The molecule has 3 rings (SSSR count). The van der Waals surface area contributed by atoms with Gasteiger partial charge in [-0.15, -0.1) is 0 Å². The van der Waals surface area contributed by atoms with Crippen molar-refractivity contribution in [2.75, 3.05) is 0 Å². The Bertz CT molecular complexity index is 1060. The predicted molar refractivity (Wildman–Crippen MR) is 115 cm³/mol. The first kappa shape index (κ1) is 20.0. The van der Waals surface area contributed by atoms with Crippen LogP contribution in [0.1, 0.15) is 36.5 Å². The lowest BCUT2D eigenvalue weighted by Crippen LogP contribution is -2.20. The minimum atomic E-state index is -0.454. The Hall–Kier alpha value is -3.74. The molecular formula is C22H24N6O. The van der Waals surface area contributed by atoms with Gasteiger partial charge in [0.15, 0.2) is 5.82 Å². The van der Waals surface area contributed by atoms with Gasteiger partial charge in [-0.05, 0) is 44.0 Å². The Labute approximate surface area is 169 Å². The van der Waals surface area contributed by atoms with E-state index in [1.165, 1.54) is 6.20 Å². The van der Waals surface area contributed by atoms with Crippen LogP contribution in [0.15, 0.2) is 70.7 Å². The van der Waals surface area contributed by atoms with Gasteiger partial charge in [-0.1, -0.05) is 36.0 Å². The van der Waals surface area contributed by atoms with Gasteiger partial charge in [0, 0.05) is 29.9 Å². The van der Waals surface area contributed by atoms with Crippen molar-refractivity contribution in [1.29, 1.82) is 0 Å². The largest absolute Gasteiger partial charge is 0.404 e. The molecule has 0 saturated heterocycles. The van der Waals surface area contributed by atoms with Crippen molar-refractivity contribution in [2.24, 2.45) is 16.5 Å². The Morgan fingerprint density at radius 1 is 1.17 bits per heavy atom. The van der Waals surface area contributed by atoms with Crippen molar-refractivity contribution < 1.29 is 4.52 Å². The molecule has 0 amide bonds. The minimum absolute atomic E-state index is 0.221. The summed E-state index contributed by atoms with van der Waals surface area (Å²) >= 11 is 0. The molecule has 0 fully saturated rings. The van der Waals surface area contributed by atoms with Gasteiger partial charge in [0.25, 0.3) is 5.89 Å². The second kappa shape index (κ2) is 8.10.